The van der Waals surface area contributed by atoms with Gasteiger partial charge in [-0.1, -0.05) is 37.3 Å². The third-order valence-electron chi connectivity index (χ3n) is 3.65. The van der Waals surface area contributed by atoms with Gasteiger partial charge in [-0.2, -0.15) is 0 Å². The van der Waals surface area contributed by atoms with Crippen LogP contribution in [0.3, 0.4) is 0 Å². The Balaban J connectivity index is 2.09. The van der Waals surface area contributed by atoms with Crippen LogP contribution in [0.15, 0.2) is 30.3 Å². The fraction of sp³-hybridized carbons (Fsp3) is 0.571. The minimum atomic E-state index is 0.0413. The third-order valence-corrected chi connectivity index (χ3v) is 3.65. The van der Waals surface area contributed by atoms with Gasteiger partial charge >= 0.3 is 0 Å². The summed E-state index contributed by atoms with van der Waals surface area (Å²) < 4.78 is 5.98. The summed E-state index contributed by atoms with van der Waals surface area (Å²) in [5.74, 6) is 0.659. The van der Waals surface area contributed by atoms with Gasteiger partial charge in [0.15, 0.2) is 0 Å². The average Bonchev–Trinajstić information content (AvgIpc) is 2.24. The van der Waals surface area contributed by atoms with Crippen molar-refractivity contribution in [1.82, 2.24) is 0 Å². The molecule has 2 unspecified atom stereocenters. The van der Waals surface area contributed by atoms with E-state index < -0.39 is 0 Å². The van der Waals surface area contributed by atoms with E-state index in [-0.39, 0.29) is 5.60 Å². The van der Waals surface area contributed by atoms with Crippen LogP contribution in [0.4, 0.5) is 0 Å². The Morgan fingerprint density at radius 2 is 2.07 bits per heavy atom. The normalized spacial score (nSPS) is 31.5. The van der Waals surface area contributed by atoms with Gasteiger partial charge in [0.2, 0.25) is 0 Å². The molecule has 2 atom stereocenters. The Morgan fingerprint density at radius 1 is 1.33 bits per heavy atom. The molecule has 82 valence electrons. The fourth-order valence-corrected chi connectivity index (χ4v) is 2.37. The Morgan fingerprint density at radius 3 is 2.73 bits per heavy atom. The first-order chi connectivity index (χ1) is 7.21. The van der Waals surface area contributed by atoms with E-state index in [1.54, 1.807) is 0 Å². The van der Waals surface area contributed by atoms with Crippen LogP contribution in [-0.2, 0) is 11.2 Å². The molecule has 0 aliphatic carbocycles. The predicted octanol–water partition coefficient (Wildman–Crippen LogP) is 3.43. The van der Waals surface area contributed by atoms with Crippen molar-refractivity contribution < 1.29 is 4.74 Å². The highest BCUT2D eigenvalue weighted by Crippen LogP contribution is 2.33. The Kier molecular flexibility index (Phi) is 3.11. The van der Waals surface area contributed by atoms with Crippen LogP contribution in [0, 0.1) is 5.92 Å². The van der Waals surface area contributed by atoms with Gasteiger partial charge in [-0.3, -0.25) is 0 Å². The van der Waals surface area contributed by atoms with Crippen molar-refractivity contribution in [3.05, 3.63) is 35.9 Å². The third kappa shape index (κ3) is 2.40. The maximum atomic E-state index is 5.98. The molecule has 0 saturated carbocycles. The maximum absolute atomic E-state index is 5.98. The Bertz CT molecular complexity index is 306. The Hall–Kier alpha value is -0.820. The first-order valence-corrected chi connectivity index (χ1v) is 5.88. The summed E-state index contributed by atoms with van der Waals surface area (Å²) >= 11 is 0. The SMILES string of the molecule is CC1CCCOC1(C)Cc1ccccc1. The van der Waals surface area contributed by atoms with Crippen LogP contribution in [0.5, 0.6) is 0 Å². The summed E-state index contributed by atoms with van der Waals surface area (Å²) in [6.07, 6.45) is 3.55. The largest absolute Gasteiger partial charge is 0.375 e. The number of rotatable bonds is 2. The summed E-state index contributed by atoms with van der Waals surface area (Å²) in [7, 11) is 0. The van der Waals surface area contributed by atoms with E-state index in [4.69, 9.17) is 4.74 Å². The van der Waals surface area contributed by atoms with Crippen molar-refractivity contribution in [3.63, 3.8) is 0 Å². The molecular formula is C14H20O. The maximum Gasteiger partial charge on any atom is 0.0720 e. The molecule has 1 heteroatoms. The van der Waals surface area contributed by atoms with E-state index in [0.717, 1.165) is 13.0 Å². The molecule has 1 aromatic carbocycles. The Labute approximate surface area is 92.5 Å². The van der Waals surface area contributed by atoms with Gasteiger partial charge < -0.3 is 4.74 Å². The lowest BCUT2D eigenvalue weighted by Gasteiger charge is -2.40. The quantitative estimate of drug-likeness (QED) is 0.717. The highest BCUT2D eigenvalue weighted by atomic mass is 16.5. The van der Waals surface area contributed by atoms with Crippen LogP contribution in [0.2, 0.25) is 0 Å². The summed E-state index contributed by atoms with van der Waals surface area (Å²) in [6.45, 7) is 5.49. The second-order valence-electron chi connectivity index (χ2n) is 4.87. The van der Waals surface area contributed by atoms with Crippen LogP contribution < -0.4 is 0 Å². The second-order valence-corrected chi connectivity index (χ2v) is 4.87. The molecule has 0 N–H and O–H groups in total. The molecule has 0 bridgehead atoms. The predicted molar refractivity (Wildman–Crippen MR) is 62.9 cm³/mol. The van der Waals surface area contributed by atoms with E-state index in [2.05, 4.69) is 44.2 Å². The van der Waals surface area contributed by atoms with Crippen molar-refractivity contribution in [3.8, 4) is 0 Å². The van der Waals surface area contributed by atoms with E-state index in [1.165, 1.54) is 18.4 Å². The summed E-state index contributed by atoms with van der Waals surface area (Å²) in [5, 5.41) is 0. The van der Waals surface area contributed by atoms with Gasteiger partial charge in [0.1, 0.15) is 0 Å². The number of hydrogen-bond acceptors (Lipinski definition) is 1. The van der Waals surface area contributed by atoms with Crippen molar-refractivity contribution in [1.29, 1.82) is 0 Å². The van der Waals surface area contributed by atoms with E-state index in [1.807, 2.05) is 0 Å². The summed E-state index contributed by atoms with van der Waals surface area (Å²) in [4.78, 5) is 0. The monoisotopic (exact) mass is 204 g/mol. The van der Waals surface area contributed by atoms with Crippen molar-refractivity contribution in [2.24, 2.45) is 5.92 Å². The molecule has 1 saturated heterocycles. The summed E-state index contributed by atoms with van der Waals surface area (Å²) in [6, 6.07) is 10.7. The lowest BCUT2D eigenvalue weighted by molar-refractivity contribution is -0.100. The minimum absolute atomic E-state index is 0.0413. The molecule has 1 aromatic rings. The van der Waals surface area contributed by atoms with Gasteiger partial charge in [-0.15, -0.1) is 0 Å². The smallest absolute Gasteiger partial charge is 0.0720 e. The molecule has 1 heterocycles. The molecule has 1 nitrogen and oxygen atoms in total. The number of benzene rings is 1. The lowest BCUT2D eigenvalue weighted by Crippen LogP contribution is -2.42. The van der Waals surface area contributed by atoms with E-state index in [0.29, 0.717) is 5.92 Å². The van der Waals surface area contributed by atoms with E-state index >= 15 is 0 Å². The molecule has 15 heavy (non-hydrogen) atoms. The van der Waals surface area contributed by atoms with Gasteiger partial charge in [0, 0.05) is 13.0 Å². The zero-order valence-corrected chi connectivity index (χ0v) is 9.70. The minimum Gasteiger partial charge on any atom is -0.375 e. The zero-order valence-electron chi connectivity index (χ0n) is 9.70. The molecule has 0 aromatic heterocycles. The molecule has 1 aliphatic rings. The highest BCUT2D eigenvalue weighted by molar-refractivity contribution is 5.17. The van der Waals surface area contributed by atoms with Crippen LogP contribution in [0.25, 0.3) is 0 Å². The lowest BCUT2D eigenvalue weighted by atomic mass is 9.80. The summed E-state index contributed by atoms with van der Waals surface area (Å²) in [5.41, 5.74) is 1.42. The standard InChI is InChI=1S/C14H20O/c1-12-7-6-10-15-14(12,2)11-13-8-4-3-5-9-13/h3-5,8-9,12H,6-7,10-11H2,1-2H3. The zero-order chi connectivity index (χ0) is 10.7. The van der Waals surface area contributed by atoms with Crippen LogP contribution in [0.1, 0.15) is 32.3 Å². The number of hydrogen-bond donors (Lipinski definition) is 0. The van der Waals surface area contributed by atoms with E-state index in [9.17, 15) is 0 Å². The highest BCUT2D eigenvalue weighted by Gasteiger charge is 2.34. The molecular weight excluding hydrogens is 184 g/mol. The van der Waals surface area contributed by atoms with Crippen LogP contribution >= 0.6 is 0 Å². The van der Waals surface area contributed by atoms with Crippen LogP contribution in [-0.4, -0.2) is 12.2 Å². The molecule has 1 aliphatic heterocycles. The van der Waals surface area contributed by atoms with Crippen molar-refractivity contribution in [2.45, 2.75) is 38.7 Å². The van der Waals surface area contributed by atoms with Gasteiger partial charge in [-0.25, -0.2) is 0 Å². The van der Waals surface area contributed by atoms with Gasteiger partial charge in [0.25, 0.3) is 0 Å². The molecule has 0 radical (unpaired) electrons. The first kappa shape index (κ1) is 10.7. The first-order valence-electron chi connectivity index (χ1n) is 5.88. The van der Waals surface area contributed by atoms with Gasteiger partial charge in [-0.05, 0) is 31.2 Å². The molecule has 0 spiro atoms. The topological polar surface area (TPSA) is 9.23 Å². The number of ether oxygens (including phenoxy) is 1. The average molecular weight is 204 g/mol. The second kappa shape index (κ2) is 4.36. The molecule has 1 fully saturated rings. The van der Waals surface area contributed by atoms with Gasteiger partial charge in [0.05, 0.1) is 5.60 Å². The van der Waals surface area contributed by atoms with Crippen molar-refractivity contribution in [2.75, 3.05) is 6.61 Å². The molecule has 2 rings (SSSR count). The fourth-order valence-electron chi connectivity index (χ4n) is 2.37. The molecule has 0 amide bonds. The van der Waals surface area contributed by atoms with Crippen molar-refractivity contribution >= 4 is 0 Å².